The number of ether oxygens (including phenoxy) is 4. The number of rotatable bonds is 9. The van der Waals surface area contributed by atoms with Gasteiger partial charge in [0.05, 0.1) is 37.9 Å². The maximum absolute atomic E-state index is 13.4. The summed E-state index contributed by atoms with van der Waals surface area (Å²) in [7, 11) is 0. The minimum atomic E-state index is -1.57. The molecule has 57 heavy (non-hydrogen) atoms. The molecular weight excluding hydrogens is 744 g/mol. The summed E-state index contributed by atoms with van der Waals surface area (Å²) in [6.07, 6.45) is -6.08. The Morgan fingerprint density at radius 2 is 1.37 bits per heavy atom. The highest BCUT2D eigenvalue weighted by atomic mass is 16.7. The molecule has 15 nitrogen and oxygen atoms in total. The minimum absolute atomic E-state index is 0.0227. The largest absolute Gasteiger partial charge is 0.481 e. The Hall–Kier alpha value is -1.31. The Labute approximate surface area is 335 Å². The molecule has 21 atom stereocenters. The average molecular weight is 813 g/mol. The molecule has 2 heterocycles. The summed E-state index contributed by atoms with van der Waals surface area (Å²) in [4.78, 5) is 13.4. The molecule has 0 amide bonds. The van der Waals surface area contributed by atoms with Crippen LogP contribution < -0.4 is 0 Å². The van der Waals surface area contributed by atoms with Crippen LogP contribution in [-0.4, -0.2) is 151 Å². The second-order valence-electron chi connectivity index (χ2n) is 19.9. The summed E-state index contributed by atoms with van der Waals surface area (Å²) in [5.74, 6) is -1.01. The van der Waals surface area contributed by atoms with E-state index < -0.39 is 97.5 Å². The second-order valence-corrected chi connectivity index (χ2v) is 19.9. The Morgan fingerprint density at radius 1 is 0.754 bits per heavy atom. The summed E-state index contributed by atoms with van der Waals surface area (Å²) in [5, 5.41) is 104. The second kappa shape index (κ2) is 15.5. The van der Waals surface area contributed by atoms with Gasteiger partial charge in [-0.05, 0) is 104 Å². The van der Waals surface area contributed by atoms with E-state index in [1.165, 1.54) is 5.57 Å². The third kappa shape index (κ3) is 6.43. The SMILES string of the molecule is C[C@H]1[C@H](CO[C@@H]2O[C@H](CO)[C@@H](O)[C@H](O)[C@H]2O)CC[C@]2(C(=O)O)CC[C@]3(C)C(=CC[C@@H]4[C@@]5(C)CC[C@H](O[C@@H]6O[C@H](CO)[C@@H](O)[C@H](O)[C@H]6O)[C@@](C)(CO)C5CC[C@]43C)[C@@H]12. The van der Waals surface area contributed by atoms with Gasteiger partial charge >= 0.3 is 5.97 Å². The number of aliphatic hydroxyl groups excluding tert-OH is 9. The van der Waals surface area contributed by atoms with E-state index in [9.17, 15) is 55.9 Å². The van der Waals surface area contributed by atoms with Crippen molar-refractivity contribution in [2.24, 2.45) is 56.7 Å². The molecule has 0 aromatic rings. The zero-order chi connectivity index (χ0) is 41.6. The number of carboxylic acid groups (broad SMARTS) is 1. The normalized spacial score (nSPS) is 55.1. The van der Waals surface area contributed by atoms with E-state index in [-0.39, 0.29) is 59.0 Å². The lowest BCUT2D eigenvalue weighted by atomic mass is 9.33. The van der Waals surface area contributed by atoms with Crippen LogP contribution in [0.25, 0.3) is 0 Å². The molecule has 326 valence electrons. The van der Waals surface area contributed by atoms with Crippen LogP contribution in [0.1, 0.15) is 92.4 Å². The average Bonchev–Trinajstić information content (AvgIpc) is 3.18. The highest BCUT2D eigenvalue weighted by molar-refractivity contribution is 5.76. The molecule has 2 saturated heterocycles. The van der Waals surface area contributed by atoms with Crippen molar-refractivity contribution in [3.05, 3.63) is 11.6 Å². The zero-order valence-electron chi connectivity index (χ0n) is 34.0. The quantitative estimate of drug-likeness (QED) is 0.114. The molecule has 2 aliphatic heterocycles. The molecule has 7 aliphatic rings. The van der Waals surface area contributed by atoms with Gasteiger partial charge in [0.15, 0.2) is 12.6 Å². The number of fused-ring (bicyclic) bond motifs is 7. The van der Waals surface area contributed by atoms with Gasteiger partial charge in [0.1, 0.15) is 48.8 Å². The van der Waals surface area contributed by atoms with E-state index in [1.54, 1.807) is 0 Å². The van der Waals surface area contributed by atoms with Crippen LogP contribution in [0.3, 0.4) is 0 Å². The lowest BCUT2D eigenvalue weighted by Gasteiger charge is -2.71. The van der Waals surface area contributed by atoms with Crippen LogP contribution in [0, 0.1) is 56.7 Å². The van der Waals surface area contributed by atoms with Crippen LogP contribution in [0.2, 0.25) is 0 Å². The van der Waals surface area contributed by atoms with Crippen LogP contribution in [0.15, 0.2) is 11.6 Å². The molecule has 0 aromatic carbocycles. The molecule has 15 heteroatoms. The monoisotopic (exact) mass is 812 g/mol. The molecule has 0 radical (unpaired) electrons. The fourth-order valence-corrected chi connectivity index (χ4v) is 14.0. The number of allylic oxidation sites excluding steroid dienone is 2. The lowest BCUT2D eigenvalue weighted by molar-refractivity contribution is -0.333. The highest BCUT2D eigenvalue weighted by Crippen LogP contribution is 2.76. The molecule has 1 unspecified atom stereocenters. The molecule has 4 saturated carbocycles. The van der Waals surface area contributed by atoms with Gasteiger partial charge in [-0.1, -0.05) is 46.3 Å². The standard InChI is InChI=1S/C42H68O15/c1-20-21(18-54-35-33(50)31(48)29(46)23(16-43)55-35)8-13-42(37(52)53)15-14-40(4)22(28(20)42)6-7-26-38(2)11-10-27(39(3,19-45)25(38)9-12-41(26,40)5)57-36-34(51)32(49)30(47)24(17-44)56-36/h6,20-21,23-36,43-51H,7-19H2,1-5H3,(H,52,53)/t20-,21-,23+,24+,25?,26+,27-,28+,29+,30+,31-,32-,33+,34+,35+,36-,38-,39-,40+,41+,42-/m0/s1. The van der Waals surface area contributed by atoms with Crippen molar-refractivity contribution in [1.29, 1.82) is 0 Å². The maximum Gasteiger partial charge on any atom is 0.310 e. The number of hydrogen-bond donors (Lipinski definition) is 10. The third-order valence-electron chi connectivity index (χ3n) is 17.7. The number of carbonyl (C=O) groups is 1. The van der Waals surface area contributed by atoms with Crippen molar-refractivity contribution in [1.82, 2.24) is 0 Å². The van der Waals surface area contributed by atoms with Gasteiger partial charge in [-0.3, -0.25) is 4.79 Å². The van der Waals surface area contributed by atoms with Crippen molar-refractivity contribution in [3.8, 4) is 0 Å². The summed E-state index contributed by atoms with van der Waals surface area (Å²) in [6, 6.07) is 0. The molecule has 5 aliphatic carbocycles. The Bertz CT molecular complexity index is 1510. The molecular formula is C42H68O15. The molecule has 0 bridgehead atoms. The molecule has 0 aromatic heterocycles. The van der Waals surface area contributed by atoms with Gasteiger partial charge in [-0.25, -0.2) is 0 Å². The predicted molar refractivity (Wildman–Crippen MR) is 201 cm³/mol. The van der Waals surface area contributed by atoms with E-state index in [4.69, 9.17) is 18.9 Å². The smallest absolute Gasteiger partial charge is 0.310 e. The fraction of sp³-hybridized carbons (Fsp3) is 0.929. The Balaban J connectivity index is 1.14. The Kier molecular flexibility index (Phi) is 11.9. The van der Waals surface area contributed by atoms with Crippen LogP contribution in [0.4, 0.5) is 0 Å². The lowest BCUT2D eigenvalue weighted by Crippen LogP contribution is -2.67. The number of hydrogen-bond acceptors (Lipinski definition) is 14. The van der Waals surface area contributed by atoms with Crippen LogP contribution in [0.5, 0.6) is 0 Å². The molecule has 6 fully saturated rings. The first-order valence-corrected chi connectivity index (χ1v) is 21.2. The Morgan fingerprint density at radius 3 is 1.96 bits per heavy atom. The summed E-state index contributed by atoms with van der Waals surface area (Å²) in [5.41, 5.74) is -1.23. The fourth-order valence-electron chi connectivity index (χ4n) is 14.0. The summed E-state index contributed by atoms with van der Waals surface area (Å²) >= 11 is 0. The minimum Gasteiger partial charge on any atom is -0.481 e. The molecule has 7 rings (SSSR count). The first-order valence-electron chi connectivity index (χ1n) is 21.2. The zero-order valence-corrected chi connectivity index (χ0v) is 34.0. The van der Waals surface area contributed by atoms with E-state index in [0.29, 0.717) is 25.7 Å². The predicted octanol–water partition coefficient (Wildman–Crippen LogP) is 0.683. The van der Waals surface area contributed by atoms with Gasteiger partial charge in [0.2, 0.25) is 0 Å². The molecule has 0 spiro atoms. The van der Waals surface area contributed by atoms with Crippen LogP contribution in [-0.2, 0) is 23.7 Å². The summed E-state index contributed by atoms with van der Waals surface area (Å²) < 4.78 is 23.9. The molecule has 10 N–H and O–H groups in total. The number of aliphatic carboxylic acids is 1. The third-order valence-corrected chi connectivity index (χ3v) is 17.7. The van der Waals surface area contributed by atoms with Crippen molar-refractivity contribution in [3.63, 3.8) is 0 Å². The van der Waals surface area contributed by atoms with Gasteiger partial charge in [0, 0.05) is 5.41 Å². The first-order chi connectivity index (χ1) is 26.8. The van der Waals surface area contributed by atoms with E-state index in [1.807, 2.05) is 6.92 Å². The van der Waals surface area contributed by atoms with Crippen molar-refractivity contribution < 1.29 is 74.8 Å². The number of aliphatic hydroxyl groups is 9. The van der Waals surface area contributed by atoms with Crippen molar-refractivity contribution in [2.75, 3.05) is 26.4 Å². The van der Waals surface area contributed by atoms with Crippen LogP contribution >= 0.6 is 0 Å². The van der Waals surface area contributed by atoms with Gasteiger partial charge in [-0.2, -0.15) is 0 Å². The van der Waals surface area contributed by atoms with Crippen molar-refractivity contribution >= 4 is 5.97 Å². The maximum atomic E-state index is 13.4. The van der Waals surface area contributed by atoms with E-state index in [0.717, 1.165) is 32.1 Å². The van der Waals surface area contributed by atoms with Gasteiger partial charge in [-0.15, -0.1) is 0 Å². The van der Waals surface area contributed by atoms with E-state index >= 15 is 0 Å². The highest BCUT2D eigenvalue weighted by Gasteiger charge is 2.70. The van der Waals surface area contributed by atoms with Crippen molar-refractivity contribution in [2.45, 2.75) is 160 Å². The first kappa shape index (κ1) is 43.8. The topological polar surface area (TPSA) is 256 Å². The van der Waals surface area contributed by atoms with Gasteiger partial charge in [0.25, 0.3) is 0 Å². The number of carboxylic acids is 1. The van der Waals surface area contributed by atoms with Gasteiger partial charge < -0.3 is 70.0 Å². The van der Waals surface area contributed by atoms with E-state index in [2.05, 4.69) is 33.8 Å². The summed E-state index contributed by atoms with van der Waals surface area (Å²) in [6.45, 7) is 10.0.